The number of halogens is 1. The number of anilines is 2. The molecule has 3 heterocycles. The number of carbonyl (C=O) groups is 2. The summed E-state index contributed by atoms with van der Waals surface area (Å²) < 4.78 is 15.9. The molecule has 1 saturated carbocycles. The third-order valence-corrected chi connectivity index (χ3v) is 6.80. The van der Waals surface area contributed by atoms with Crippen LogP contribution in [0.5, 0.6) is 0 Å². The van der Waals surface area contributed by atoms with E-state index in [9.17, 15) is 24.3 Å². The summed E-state index contributed by atoms with van der Waals surface area (Å²) >= 11 is 0. The SMILES string of the molecule is Cn1cc(-c2cc(F)cc(CC(=O)Nc3cc(N4CC[C@@](C#N)(C5CC5)C4=O)cc(CO)n3)c2)cn1. The van der Waals surface area contributed by atoms with Gasteiger partial charge in [-0.1, -0.05) is 6.07 Å². The van der Waals surface area contributed by atoms with Crippen LogP contribution in [-0.2, 0) is 29.7 Å². The lowest BCUT2D eigenvalue weighted by atomic mass is 9.83. The molecule has 2 fully saturated rings. The van der Waals surface area contributed by atoms with Crippen molar-refractivity contribution in [2.45, 2.75) is 32.3 Å². The third kappa shape index (κ3) is 4.45. The van der Waals surface area contributed by atoms with Crippen LogP contribution < -0.4 is 10.2 Å². The van der Waals surface area contributed by atoms with Gasteiger partial charge in [-0.3, -0.25) is 14.3 Å². The number of nitrogens with one attached hydrogen (secondary N) is 1. The number of aliphatic hydroxyl groups is 1. The number of aromatic nitrogens is 3. The summed E-state index contributed by atoms with van der Waals surface area (Å²) in [5, 5.41) is 26.2. The molecule has 5 rings (SSSR count). The zero-order valence-electron chi connectivity index (χ0n) is 19.7. The summed E-state index contributed by atoms with van der Waals surface area (Å²) in [4.78, 5) is 31.8. The topological polar surface area (TPSA) is 124 Å². The highest BCUT2D eigenvalue weighted by molar-refractivity contribution is 6.02. The quantitative estimate of drug-likeness (QED) is 0.527. The number of aliphatic hydroxyl groups excluding tert-OH is 1. The molecule has 3 aromatic rings. The lowest BCUT2D eigenvalue weighted by molar-refractivity contribution is -0.123. The zero-order chi connectivity index (χ0) is 25.4. The minimum absolute atomic E-state index is 0.0844. The number of hydrogen-bond acceptors (Lipinski definition) is 6. The van der Waals surface area contributed by atoms with Gasteiger partial charge in [0.05, 0.1) is 31.0 Å². The number of nitrogens with zero attached hydrogens (tertiary/aromatic N) is 5. The smallest absolute Gasteiger partial charge is 0.247 e. The first-order valence-corrected chi connectivity index (χ1v) is 11.7. The number of carbonyl (C=O) groups excluding carboxylic acids is 2. The van der Waals surface area contributed by atoms with Crippen LogP contribution in [0.4, 0.5) is 15.9 Å². The molecule has 0 spiro atoms. The molecule has 1 saturated heterocycles. The van der Waals surface area contributed by atoms with Crippen molar-refractivity contribution < 1.29 is 19.1 Å². The van der Waals surface area contributed by atoms with Crippen LogP contribution >= 0.6 is 0 Å². The second-order valence-corrected chi connectivity index (χ2v) is 9.40. The summed E-state index contributed by atoms with van der Waals surface area (Å²) in [5.74, 6) is -0.891. The predicted molar refractivity (Wildman–Crippen MR) is 129 cm³/mol. The first-order chi connectivity index (χ1) is 17.3. The van der Waals surface area contributed by atoms with E-state index in [0.29, 0.717) is 29.8 Å². The van der Waals surface area contributed by atoms with Crippen molar-refractivity contribution in [2.24, 2.45) is 18.4 Å². The van der Waals surface area contributed by atoms with E-state index >= 15 is 0 Å². The molecule has 0 radical (unpaired) electrons. The number of rotatable bonds is 7. The van der Waals surface area contributed by atoms with Crippen LogP contribution in [-0.4, -0.2) is 38.2 Å². The van der Waals surface area contributed by atoms with Crippen molar-refractivity contribution in [3.63, 3.8) is 0 Å². The highest BCUT2D eigenvalue weighted by Crippen LogP contribution is 2.52. The Hall–Kier alpha value is -4.10. The summed E-state index contributed by atoms with van der Waals surface area (Å²) in [6.45, 7) is -0.00526. The Labute approximate surface area is 207 Å². The number of hydrogen-bond donors (Lipinski definition) is 2. The lowest BCUT2D eigenvalue weighted by Crippen LogP contribution is -2.35. The van der Waals surface area contributed by atoms with Gasteiger partial charge in [0, 0.05) is 37.1 Å². The molecule has 10 heteroatoms. The molecule has 1 aliphatic carbocycles. The van der Waals surface area contributed by atoms with E-state index in [-0.39, 0.29) is 36.4 Å². The van der Waals surface area contributed by atoms with Crippen LogP contribution in [0.3, 0.4) is 0 Å². The molecule has 2 amide bonds. The Morgan fingerprint density at radius 1 is 1.28 bits per heavy atom. The molecule has 2 aliphatic rings. The fraction of sp³-hybridized carbons (Fsp3) is 0.346. The highest BCUT2D eigenvalue weighted by atomic mass is 19.1. The Bertz CT molecular complexity index is 1390. The maximum Gasteiger partial charge on any atom is 0.247 e. The maximum atomic E-state index is 14.3. The molecule has 0 unspecified atom stereocenters. The average molecular weight is 489 g/mol. The first kappa shape index (κ1) is 23.6. The van der Waals surface area contributed by atoms with Gasteiger partial charge in [0.2, 0.25) is 11.8 Å². The number of pyridine rings is 1. The monoisotopic (exact) mass is 488 g/mol. The summed E-state index contributed by atoms with van der Waals surface area (Å²) in [6, 6.07) is 9.80. The molecule has 36 heavy (non-hydrogen) atoms. The van der Waals surface area contributed by atoms with E-state index in [1.54, 1.807) is 42.3 Å². The first-order valence-electron chi connectivity index (χ1n) is 11.7. The molecule has 2 aromatic heterocycles. The zero-order valence-corrected chi connectivity index (χ0v) is 19.7. The van der Waals surface area contributed by atoms with Gasteiger partial charge < -0.3 is 15.3 Å². The predicted octanol–water partition coefficient (Wildman–Crippen LogP) is 2.95. The lowest BCUT2D eigenvalue weighted by Gasteiger charge is -2.22. The third-order valence-electron chi connectivity index (χ3n) is 6.80. The summed E-state index contributed by atoms with van der Waals surface area (Å²) in [6.07, 6.45) is 5.46. The number of benzene rings is 1. The van der Waals surface area contributed by atoms with Gasteiger partial charge in [-0.15, -0.1) is 0 Å². The van der Waals surface area contributed by atoms with Gasteiger partial charge in [0.25, 0.3) is 0 Å². The van der Waals surface area contributed by atoms with E-state index in [0.717, 1.165) is 18.4 Å². The van der Waals surface area contributed by atoms with Crippen LogP contribution in [0.25, 0.3) is 11.1 Å². The van der Waals surface area contributed by atoms with Crippen LogP contribution in [0.1, 0.15) is 30.5 Å². The molecule has 1 atom stereocenters. The standard InChI is InChI=1S/C26H25FN6O3/c1-32-13-18(12-29-32)17-6-16(7-20(27)9-17)8-24(35)31-23-11-22(10-21(14-34)30-23)33-5-4-26(15-28,25(33)36)19-2-3-19/h6-7,9-13,19,34H,2-5,8,14H2,1H3,(H,30,31,35)/t26-/m1/s1. The van der Waals surface area contributed by atoms with Gasteiger partial charge in [-0.05, 0) is 54.5 Å². The van der Waals surface area contributed by atoms with Crippen LogP contribution in [0.2, 0.25) is 0 Å². The molecular weight excluding hydrogens is 463 g/mol. The van der Waals surface area contributed by atoms with Crippen molar-refractivity contribution in [1.82, 2.24) is 14.8 Å². The second kappa shape index (κ2) is 9.17. The fourth-order valence-electron chi connectivity index (χ4n) is 4.87. The normalized spacial score (nSPS) is 19.4. The van der Waals surface area contributed by atoms with Gasteiger partial charge in [0.15, 0.2) is 0 Å². The van der Waals surface area contributed by atoms with E-state index in [1.807, 2.05) is 0 Å². The van der Waals surface area contributed by atoms with Gasteiger partial charge in [0.1, 0.15) is 17.1 Å². The largest absolute Gasteiger partial charge is 0.390 e. The van der Waals surface area contributed by atoms with Gasteiger partial charge in [-0.25, -0.2) is 9.37 Å². The van der Waals surface area contributed by atoms with Crippen molar-refractivity contribution >= 4 is 23.3 Å². The van der Waals surface area contributed by atoms with E-state index in [4.69, 9.17) is 0 Å². The molecule has 1 aromatic carbocycles. The molecular formula is C26H25FN6O3. The minimum atomic E-state index is -1.00. The fourth-order valence-corrected chi connectivity index (χ4v) is 4.87. The van der Waals surface area contributed by atoms with Crippen LogP contribution in [0, 0.1) is 28.5 Å². The Kier molecular flexibility index (Phi) is 6.02. The van der Waals surface area contributed by atoms with Crippen molar-refractivity contribution in [1.29, 1.82) is 5.26 Å². The van der Waals surface area contributed by atoms with E-state index in [1.165, 1.54) is 17.0 Å². The van der Waals surface area contributed by atoms with E-state index in [2.05, 4.69) is 21.5 Å². The summed E-state index contributed by atoms with van der Waals surface area (Å²) in [5.41, 5.74) is 1.56. The number of nitriles is 1. The van der Waals surface area contributed by atoms with Crippen molar-refractivity contribution in [3.8, 4) is 17.2 Å². The van der Waals surface area contributed by atoms with Crippen molar-refractivity contribution in [2.75, 3.05) is 16.8 Å². The Balaban J connectivity index is 1.35. The minimum Gasteiger partial charge on any atom is -0.390 e. The Morgan fingerprint density at radius 2 is 2.08 bits per heavy atom. The molecule has 2 N–H and O–H groups in total. The highest BCUT2D eigenvalue weighted by Gasteiger charge is 2.56. The van der Waals surface area contributed by atoms with Gasteiger partial charge >= 0.3 is 0 Å². The molecule has 9 nitrogen and oxygen atoms in total. The average Bonchev–Trinajstić information content (AvgIpc) is 3.52. The molecule has 1 aliphatic heterocycles. The maximum absolute atomic E-state index is 14.3. The van der Waals surface area contributed by atoms with Gasteiger partial charge in [-0.2, -0.15) is 10.4 Å². The van der Waals surface area contributed by atoms with E-state index < -0.39 is 17.1 Å². The summed E-state index contributed by atoms with van der Waals surface area (Å²) in [7, 11) is 1.76. The number of amides is 2. The number of aryl methyl sites for hydroxylation is 1. The molecule has 0 bridgehead atoms. The van der Waals surface area contributed by atoms with Crippen LogP contribution in [0.15, 0.2) is 42.7 Å². The molecule has 184 valence electrons. The second-order valence-electron chi connectivity index (χ2n) is 9.40. The Morgan fingerprint density at radius 3 is 2.75 bits per heavy atom. The van der Waals surface area contributed by atoms with Crippen molar-refractivity contribution in [3.05, 3.63) is 59.8 Å².